The second kappa shape index (κ2) is 6.24. The van der Waals surface area contributed by atoms with E-state index in [1.807, 2.05) is 20.1 Å². The van der Waals surface area contributed by atoms with Gasteiger partial charge in [0, 0.05) is 8.15 Å². The van der Waals surface area contributed by atoms with Crippen LogP contribution < -0.4 is 0 Å². The third kappa shape index (κ3) is 7.07. The van der Waals surface area contributed by atoms with E-state index in [1.54, 1.807) is 11.8 Å². The molecular weight excluding hydrogens is 179 g/mol. The van der Waals surface area contributed by atoms with Gasteiger partial charge in [0.1, 0.15) is 5.44 Å². The summed E-state index contributed by atoms with van der Waals surface area (Å²) in [4.78, 5) is 0. The molecule has 0 aliphatic carbocycles. The van der Waals surface area contributed by atoms with Gasteiger partial charge in [0.25, 0.3) is 0 Å². The van der Waals surface area contributed by atoms with Gasteiger partial charge in [-0.15, -0.1) is 11.8 Å². The van der Waals surface area contributed by atoms with E-state index < -0.39 is 0 Å². The predicted molar refractivity (Wildman–Crippen MR) is 53.4 cm³/mol. The van der Waals surface area contributed by atoms with E-state index in [0.29, 0.717) is 0 Å². The highest BCUT2D eigenvalue weighted by Crippen LogP contribution is 2.29. The van der Waals surface area contributed by atoms with Crippen LogP contribution in [0.2, 0.25) is 0 Å². The molecule has 2 unspecified atom stereocenters. The van der Waals surface area contributed by atoms with E-state index >= 15 is 0 Å². The maximum atomic E-state index is 5.47. The standard InChI is InChI=1S/C7H17O2PS/c1-6(9-10(3)4)8-7(2)11-5/h6-7H,1-5H3. The van der Waals surface area contributed by atoms with Crippen LogP contribution in [0.1, 0.15) is 13.8 Å². The van der Waals surface area contributed by atoms with Crippen molar-refractivity contribution in [2.45, 2.75) is 25.6 Å². The molecule has 0 aromatic rings. The zero-order valence-corrected chi connectivity index (χ0v) is 9.54. The van der Waals surface area contributed by atoms with Crippen molar-refractivity contribution in [2.24, 2.45) is 0 Å². The van der Waals surface area contributed by atoms with Gasteiger partial charge in [-0.2, -0.15) is 0 Å². The summed E-state index contributed by atoms with van der Waals surface area (Å²) in [5.41, 5.74) is 0.222. The molecule has 0 heterocycles. The van der Waals surface area contributed by atoms with Crippen molar-refractivity contribution in [3.05, 3.63) is 0 Å². The van der Waals surface area contributed by atoms with Gasteiger partial charge in [0.15, 0.2) is 6.29 Å². The molecule has 0 amide bonds. The molecule has 0 aliphatic heterocycles. The van der Waals surface area contributed by atoms with Crippen LogP contribution >= 0.6 is 19.9 Å². The summed E-state index contributed by atoms with van der Waals surface area (Å²) in [5.74, 6) is 0. The van der Waals surface area contributed by atoms with E-state index in [9.17, 15) is 0 Å². The summed E-state index contributed by atoms with van der Waals surface area (Å²) in [6.07, 6.45) is 1.96. The summed E-state index contributed by atoms with van der Waals surface area (Å²) >= 11 is 1.69. The highest BCUT2D eigenvalue weighted by atomic mass is 32.2. The minimum atomic E-state index is -0.310. The first-order valence-corrected chi connectivity index (χ1v) is 7.02. The minimum absolute atomic E-state index is 0.0708. The Morgan fingerprint density at radius 1 is 1.27 bits per heavy atom. The van der Waals surface area contributed by atoms with E-state index in [2.05, 4.69) is 13.3 Å². The third-order valence-corrected chi connectivity index (χ3v) is 2.57. The largest absolute Gasteiger partial charge is 0.339 e. The quantitative estimate of drug-likeness (QED) is 0.497. The Morgan fingerprint density at radius 3 is 2.18 bits per heavy atom. The molecule has 0 aliphatic rings. The van der Waals surface area contributed by atoms with Gasteiger partial charge in [0.05, 0.1) is 0 Å². The Balaban J connectivity index is 3.43. The number of thioether (sulfide) groups is 1. The van der Waals surface area contributed by atoms with Gasteiger partial charge in [-0.1, -0.05) is 0 Å². The van der Waals surface area contributed by atoms with Gasteiger partial charge in [-0.05, 0) is 33.4 Å². The zero-order valence-electron chi connectivity index (χ0n) is 7.83. The minimum Gasteiger partial charge on any atom is -0.339 e. The van der Waals surface area contributed by atoms with Crippen LogP contribution in [0.4, 0.5) is 0 Å². The van der Waals surface area contributed by atoms with E-state index in [1.165, 1.54) is 0 Å². The fraction of sp³-hybridized carbons (Fsp3) is 1.00. The lowest BCUT2D eigenvalue weighted by Gasteiger charge is -2.19. The molecule has 0 aromatic carbocycles. The second-order valence-electron chi connectivity index (χ2n) is 2.42. The first kappa shape index (κ1) is 11.7. The normalized spacial score (nSPS) is 16.9. The van der Waals surface area contributed by atoms with Crippen molar-refractivity contribution >= 4 is 19.9 Å². The van der Waals surface area contributed by atoms with Crippen LogP contribution in [0.25, 0.3) is 0 Å². The van der Waals surface area contributed by atoms with Gasteiger partial charge >= 0.3 is 0 Å². The average molecular weight is 196 g/mol. The summed E-state index contributed by atoms with van der Waals surface area (Å²) in [6, 6.07) is 0. The summed E-state index contributed by atoms with van der Waals surface area (Å²) < 4.78 is 10.9. The van der Waals surface area contributed by atoms with Crippen molar-refractivity contribution < 1.29 is 9.26 Å². The second-order valence-corrected chi connectivity index (χ2v) is 5.40. The molecule has 68 valence electrons. The molecule has 11 heavy (non-hydrogen) atoms. The smallest absolute Gasteiger partial charge is 0.160 e. The first-order valence-electron chi connectivity index (χ1n) is 3.58. The molecule has 0 saturated carbocycles. The maximum absolute atomic E-state index is 5.47. The van der Waals surface area contributed by atoms with Crippen molar-refractivity contribution in [1.82, 2.24) is 0 Å². The van der Waals surface area contributed by atoms with Gasteiger partial charge < -0.3 is 9.26 Å². The average Bonchev–Trinajstić information content (AvgIpc) is 1.85. The lowest BCUT2D eigenvalue weighted by Crippen LogP contribution is -2.15. The molecule has 0 spiro atoms. The molecule has 0 fully saturated rings. The van der Waals surface area contributed by atoms with Crippen molar-refractivity contribution in [3.8, 4) is 0 Å². The summed E-state index contributed by atoms with van der Waals surface area (Å²) in [7, 11) is -0.310. The monoisotopic (exact) mass is 196 g/mol. The number of hydrogen-bond donors (Lipinski definition) is 0. The lowest BCUT2D eigenvalue weighted by atomic mass is 10.7. The predicted octanol–water partition coefficient (Wildman–Crippen LogP) is 2.73. The van der Waals surface area contributed by atoms with E-state index in [-0.39, 0.29) is 19.9 Å². The van der Waals surface area contributed by atoms with Crippen molar-refractivity contribution in [2.75, 3.05) is 19.6 Å². The Hall–Kier alpha value is 0.700. The molecule has 0 aromatic heterocycles. The van der Waals surface area contributed by atoms with Crippen LogP contribution in [-0.2, 0) is 9.26 Å². The molecule has 2 nitrogen and oxygen atoms in total. The Bertz CT molecular complexity index is 100. The highest BCUT2D eigenvalue weighted by Gasteiger charge is 2.08. The van der Waals surface area contributed by atoms with Crippen molar-refractivity contribution in [3.63, 3.8) is 0 Å². The highest BCUT2D eigenvalue weighted by molar-refractivity contribution is 7.99. The van der Waals surface area contributed by atoms with E-state index in [4.69, 9.17) is 9.26 Å². The van der Waals surface area contributed by atoms with Gasteiger partial charge in [0.2, 0.25) is 0 Å². The molecule has 0 saturated heterocycles. The maximum Gasteiger partial charge on any atom is 0.160 e. The van der Waals surface area contributed by atoms with Crippen LogP contribution in [0, 0.1) is 0 Å². The number of rotatable bonds is 5. The lowest BCUT2D eigenvalue weighted by molar-refractivity contribution is -0.0665. The Morgan fingerprint density at radius 2 is 1.82 bits per heavy atom. The molecule has 0 N–H and O–H groups in total. The van der Waals surface area contributed by atoms with E-state index in [0.717, 1.165) is 0 Å². The third-order valence-electron chi connectivity index (χ3n) is 1.07. The number of hydrogen-bond acceptors (Lipinski definition) is 3. The summed E-state index contributed by atoms with van der Waals surface area (Å²) in [6.45, 7) is 8.10. The molecule has 0 rings (SSSR count). The fourth-order valence-electron chi connectivity index (χ4n) is 0.647. The zero-order chi connectivity index (χ0) is 8.85. The molecular formula is C7H17O2PS. The van der Waals surface area contributed by atoms with Crippen LogP contribution in [0.3, 0.4) is 0 Å². The Kier molecular flexibility index (Phi) is 6.64. The Labute approximate surface area is 74.9 Å². The van der Waals surface area contributed by atoms with Crippen molar-refractivity contribution in [1.29, 1.82) is 0 Å². The molecule has 2 atom stereocenters. The van der Waals surface area contributed by atoms with Gasteiger partial charge in [-0.3, -0.25) is 0 Å². The number of ether oxygens (including phenoxy) is 1. The molecule has 0 radical (unpaired) electrons. The fourth-order valence-corrected chi connectivity index (χ4v) is 1.56. The summed E-state index contributed by atoms with van der Waals surface area (Å²) in [5, 5.41) is 0. The van der Waals surface area contributed by atoms with Crippen LogP contribution in [-0.4, -0.2) is 31.3 Å². The molecule has 0 bridgehead atoms. The SMILES string of the molecule is CSC(C)OC(C)OP(C)C. The topological polar surface area (TPSA) is 18.5 Å². The van der Waals surface area contributed by atoms with Crippen LogP contribution in [0.15, 0.2) is 0 Å². The van der Waals surface area contributed by atoms with Crippen LogP contribution in [0.5, 0.6) is 0 Å². The first-order chi connectivity index (χ1) is 5.06. The van der Waals surface area contributed by atoms with Gasteiger partial charge in [-0.25, -0.2) is 0 Å². The molecule has 4 heteroatoms.